The van der Waals surface area contributed by atoms with Crippen molar-refractivity contribution in [2.75, 3.05) is 4.72 Å². The Morgan fingerprint density at radius 2 is 2.05 bits per heavy atom. The molecule has 0 saturated carbocycles. The van der Waals surface area contributed by atoms with E-state index in [1.54, 1.807) is 11.6 Å². The molecule has 0 aliphatic heterocycles. The van der Waals surface area contributed by atoms with Gasteiger partial charge in [-0.05, 0) is 26.0 Å². The minimum absolute atomic E-state index is 0.260. The molecule has 2 aromatic rings. The largest absolute Gasteiger partial charge is 0.276 e. The Hall–Kier alpha value is -1.96. The van der Waals surface area contributed by atoms with Crippen LogP contribution in [0.2, 0.25) is 0 Å². The minimum atomic E-state index is -4.12. The van der Waals surface area contributed by atoms with Crippen molar-refractivity contribution >= 4 is 15.7 Å². The van der Waals surface area contributed by atoms with E-state index in [9.17, 15) is 17.2 Å². The Kier molecular flexibility index (Phi) is 3.76. The van der Waals surface area contributed by atoms with Gasteiger partial charge in [0.1, 0.15) is 16.5 Å². The number of nitrogens with one attached hydrogen (secondary N) is 1. The summed E-state index contributed by atoms with van der Waals surface area (Å²) < 4.78 is 54.3. The summed E-state index contributed by atoms with van der Waals surface area (Å²) in [6.07, 6.45) is 1.35. The Bertz CT molecular complexity index is 741. The van der Waals surface area contributed by atoms with Gasteiger partial charge < -0.3 is 0 Å². The molecule has 5 nitrogen and oxygen atoms in total. The van der Waals surface area contributed by atoms with E-state index in [-0.39, 0.29) is 5.69 Å². The third kappa shape index (κ3) is 2.64. The van der Waals surface area contributed by atoms with E-state index in [0.29, 0.717) is 18.3 Å². The van der Waals surface area contributed by atoms with E-state index in [4.69, 9.17) is 0 Å². The summed E-state index contributed by atoms with van der Waals surface area (Å²) in [5, 5.41) is 3.98. The zero-order valence-corrected chi connectivity index (χ0v) is 11.7. The molecule has 108 valence electrons. The van der Waals surface area contributed by atoms with Gasteiger partial charge in [0, 0.05) is 12.6 Å². The van der Waals surface area contributed by atoms with Crippen molar-refractivity contribution in [2.45, 2.75) is 25.3 Å². The Balaban J connectivity index is 2.38. The second kappa shape index (κ2) is 5.20. The first-order valence-electron chi connectivity index (χ1n) is 5.85. The van der Waals surface area contributed by atoms with Crippen molar-refractivity contribution in [2.24, 2.45) is 0 Å². The van der Waals surface area contributed by atoms with E-state index in [2.05, 4.69) is 9.82 Å². The molecule has 0 fully saturated rings. The number of halogens is 2. The van der Waals surface area contributed by atoms with Crippen LogP contribution in [0.15, 0.2) is 29.3 Å². The molecule has 20 heavy (non-hydrogen) atoms. The van der Waals surface area contributed by atoms with Gasteiger partial charge >= 0.3 is 0 Å². The minimum Gasteiger partial charge on any atom is -0.276 e. The number of hydrogen-bond acceptors (Lipinski definition) is 3. The molecule has 1 N–H and O–H groups in total. The monoisotopic (exact) mass is 301 g/mol. The van der Waals surface area contributed by atoms with Crippen LogP contribution in [0.1, 0.15) is 12.6 Å². The van der Waals surface area contributed by atoms with E-state index in [1.165, 1.54) is 6.20 Å². The van der Waals surface area contributed by atoms with Crippen LogP contribution >= 0.6 is 0 Å². The SMILES string of the molecule is CCn1ncc(NS(=O)(=O)c2ccc(F)cc2F)c1C. The molecule has 0 atom stereocenters. The highest BCUT2D eigenvalue weighted by atomic mass is 32.2. The summed E-state index contributed by atoms with van der Waals surface area (Å²) in [6.45, 7) is 4.13. The highest BCUT2D eigenvalue weighted by Gasteiger charge is 2.21. The van der Waals surface area contributed by atoms with E-state index < -0.39 is 26.6 Å². The van der Waals surface area contributed by atoms with Gasteiger partial charge in [0.2, 0.25) is 0 Å². The van der Waals surface area contributed by atoms with Crippen LogP contribution < -0.4 is 4.72 Å². The first kappa shape index (κ1) is 14.4. The Morgan fingerprint density at radius 1 is 1.35 bits per heavy atom. The predicted octanol–water partition coefficient (Wildman–Crippen LogP) is 2.29. The fraction of sp³-hybridized carbons (Fsp3) is 0.250. The number of benzene rings is 1. The lowest BCUT2D eigenvalue weighted by Crippen LogP contribution is -2.15. The third-order valence-electron chi connectivity index (χ3n) is 2.83. The van der Waals surface area contributed by atoms with Crippen LogP contribution in [-0.4, -0.2) is 18.2 Å². The van der Waals surface area contributed by atoms with Gasteiger partial charge in [-0.25, -0.2) is 17.2 Å². The molecule has 2 rings (SSSR count). The highest BCUT2D eigenvalue weighted by molar-refractivity contribution is 7.92. The number of nitrogens with zero attached hydrogens (tertiary/aromatic N) is 2. The molecule has 0 bridgehead atoms. The third-order valence-corrected chi connectivity index (χ3v) is 4.23. The molecule has 0 saturated heterocycles. The van der Waals surface area contributed by atoms with Crippen molar-refractivity contribution in [3.05, 3.63) is 41.7 Å². The predicted molar refractivity (Wildman–Crippen MR) is 69.8 cm³/mol. The average molecular weight is 301 g/mol. The van der Waals surface area contributed by atoms with Gasteiger partial charge in [-0.15, -0.1) is 0 Å². The fourth-order valence-electron chi connectivity index (χ4n) is 1.76. The van der Waals surface area contributed by atoms with Crippen molar-refractivity contribution in [3.63, 3.8) is 0 Å². The molecule has 1 aromatic carbocycles. The second-order valence-corrected chi connectivity index (χ2v) is 5.79. The van der Waals surface area contributed by atoms with Crippen LogP contribution in [-0.2, 0) is 16.6 Å². The number of rotatable bonds is 4. The lowest BCUT2D eigenvalue weighted by molar-refractivity contribution is 0.551. The summed E-state index contributed by atoms with van der Waals surface area (Å²) in [6, 6.07) is 2.30. The first-order chi connectivity index (χ1) is 9.35. The lowest BCUT2D eigenvalue weighted by atomic mass is 10.3. The van der Waals surface area contributed by atoms with Gasteiger partial charge in [-0.2, -0.15) is 5.10 Å². The quantitative estimate of drug-likeness (QED) is 0.942. The van der Waals surface area contributed by atoms with Gasteiger partial charge in [-0.1, -0.05) is 0 Å². The lowest BCUT2D eigenvalue weighted by Gasteiger charge is -2.08. The number of aryl methyl sites for hydroxylation is 1. The maximum absolute atomic E-state index is 13.5. The summed E-state index contributed by atoms with van der Waals surface area (Å²) >= 11 is 0. The van der Waals surface area contributed by atoms with E-state index in [1.807, 2.05) is 6.92 Å². The molecule has 0 spiro atoms. The number of anilines is 1. The van der Waals surface area contributed by atoms with Crippen LogP contribution in [0.3, 0.4) is 0 Å². The Labute approximate surface area is 115 Å². The van der Waals surface area contributed by atoms with E-state index >= 15 is 0 Å². The van der Waals surface area contributed by atoms with Crippen molar-refractivity contribution < 1.29 is 17.2 Å². The van der Waals surface area contributed by atoms with Gasteiger partial charge in [-0.3, -0.25) is 9.40 Å². The van der Waals surface area contributed by atoms with Crippen LogP contribution in [0.4, 0.5) is 14.5 Å². The highest BCUT2D eigenvalue weighted by Crippen LogP contribution is 2.21. The average Bonchev–Trinajstić information content (AvgIpc) is 2.69. The van der Waals surface area contributed by atoms with Crippen molar-refractivity contribution in [3.8, 4) is 0 Å². The molecule has 1 aromatic heterocycles. The number of hydrogen-bond donors (Lipinski definition) is 1. The van der Waals surface area contributed by atoms with Crippen LogP contribution in [0.25, 0.3) is 0 Å². The topological polar surface area (TPSA) is 64.0 Å². The number of sulfonamides is 1. The molecule has 0 unspecified atom stereocenters. The standard InChI is InChI=1S/C12H13F2N3O2S/c1-3-17-8(2)11(7-15-17)16-20(18,19)12-5-4-9(13)6-10(12)14/h4-7,16H,3H2,1-2H3. The summed E-state index contributed by atoms with van der Waals surface area (Å²) in [5.41, 5.74) is 0.870. The molecule has 8 heteroatoms. The molecular weight excluding hydrogens is 288 g/mol. The van der Waals surface area contributed by atoms with Gasteiger partial charge in [0.15, 0.2) is 0 Å². The van der Waals surface area contributed by atoms with Gasteiger partial charge in [0.25, 0.3) is 10.0 Å². The van der Waals surface area contributed by atoms with Gasteiger partial charge in [0.05, 0.1) is 17.6 Å². The summed E-state index contributed by atoms with van der Waals surface area (Å²) in [5.74, 6) is -1.98. The molecule has 0 aliphatic carbocycles. The van der Waals surface area contributed by atoms with Crippen LogP contribution in [0.5, 0.6) is 0 Å². The number of aromatic nitrogens is 2. The molecule has 1 heterocycles. The summed E-state index contributed by atoms with van der Waals surface area (Å²) in [4.78, 5) is -0.609. The maximum Gasteiger partial charge on any atom is 0.264 e. The normalized spacial score (nSPS) is 11.6. The first-order valence-corrected chi connectivity index (χ1v) is 7.33. The zero-order chi connectivity index (χ0) is 14.9. The molecule has 0 aliphatic rings. The van der Waals surface area contributed by atoms with Crippen molar-refractivity contribution in [1.29, 1.82) is 0 Å². The molecular formula is C12H13F2N3O2S. The van der Waals surface area contributed by atoms with E-state index in [0.717, 1.165) is 12.1 Å². The zero-order valence-electron chi connectivity index (χ0n) is 10.9. The van der Waals surface area contributed by atoms with Crippen LogP contribution in [0, 0.1) is 18.6 Å². The fourth-order valence-corrected chi connectivity index (χ4v) is 2.92. The maximum atomic E-state index is 13.5. The van der Waals surface area contributed by atoms with Crippen molar-refractivity contribution in [1.82, 2.24) is 9.78 Å². The smallest absolute Gasteiger partial charge is 0.264 e. The molecule has 0 amide bonds. The summed E-state index contributed by atoms with van der Waals surface area (Å²) in [7, 11) is -4.12. The molecule has 0 radical (unpaired) electrons. The Morgan fingerprint density at radius 3 is 2.60 bits per heavy atom. The second-order valence-electron chi connectivity index (χ2n) is 4.14.